The van der Waals surface area contributed by atoms with Gasteiger partial charge in [0.05, 0.1) is 24.9 Å². The molecular formula is C12H18N4O3. The Balaban J connectivity index is 2.06. The molecule has 104 valence electrons. The Morgan fingerprint density at radius 3 is 3.05 bits per heavy atom. The van der Waals surface area contributed by atoms with Crippen LogP contribution in [0.4, 0.5) is 0 Å². The minimum absolute atomic E-state index is 0.0777. The van der Waals surface area contributed by atoms with Crippen LogP contribution in [0.1, 0.15) is 22.5 Å². The zero-order chi connectivity index (χ0) is 13.8. The Labute approximate surface area is 111 Å². The molecular weight excluding hydrogens is 248 g/mol. The molecule has 0 bridgehead atoms. The van der Waals surface area contributed by atoms with Crippen molar-refractivity contribution >= 4 is 11.8 Å². The molecule has 0 aromatic carbocycles. The van der Waals surface area contributed by atoms with E-state index in [0.717, 1.165) is 19.5 Å². The number of hydrogen-bond acceptors (Lipinski definition) is 5. The van der Waals surface area contributed by atoms with Crippen molar-refractivity contribution in [3.05, 3.63) is 23.7 Å². The molecule has 1 saturated heterocycles. The van der Waals surface area contributed by atoms with E-state index in [-0.39, 0.29) is 11.8 Å². The van der Waals surface area contributed by atoms with Crippen LogP contribution in [-0.4, -0.2) is 48.3 Å². The summed E-state index contributed by atoms with van der Waals surface area (Å²) >= 11 is 0. The number of likely N-dealkylation sites (N-methyl/N-ethyl adjacent to an activating group) is 1. The predicted octanol–water partition coefficient (Wildman–Crippen LogP) is -0.453. The van der Waals surface area contributed by atoms with Gasteiger partial charge in [0.15, 0.2) is 0 Å². The van der Waals surface area contributed by atoms with Crippen LogP contribution >= 0.6 is 0 Å². The molecule has 1 aliphatic heterocycles. The number of amides is 2. The summed E-state index contributed by atoms with van der Waals surface area (Å²) in [7, 11) is 1.80. The highest BCUT2D eigenvalue weighted by Gasteiger charge is 2.22. The molecule has 2 rings (SSSR count). The Hall–Kier alpha value is -1.86. The van der Waals surface area contributed by atoms with Gasteiger partial charge in [-0.3, -0.25) is 19.9 Å². The Kier molecular flexibility index (Phi) is 4.18. The van der Waals surface area contributed by atoms with Gasteiger partial charge in [0, 0.05) is 20.1 Å². The van der Waals surface area contributed by atoms with Crippen molar-refractivity contribution in [1.82, 2.24) is 15.2 Å². The number of carbonyl (C=O) groups excluding carboxylic acids is 2. The highest BCUT2D eigenvalue weighted by atomic mass is 16.3. The van der Waals surface area contributed by atoms with Gasteiger partial charge >= 0.3 is 0 Å². The number of furan rings is 1. The Bertz CT molecular complexity index is 471. The summed E-state index contributed by atoms with van der Waals surface area (Å²) in [6.07, 6.45) is 2.35. The molecule has 0 radical (unpaired) electrons. The van der Waals surface area contributed by atoms with Crippen LogP contribution in [0.25, 0.3) is 0 Å². The summed E-state index contributed by atoms with van der Waals surface area (Å²) in [5.41, 5.74) is 2.49. The van der Waals surface area contributed by atoms with Crippen molar-refractivity contribution in [2.45, 2.75) is 13.0 Å². The van der Waals surface area contributed by atoms with E-state index < -0.39 is 0 Å². The molecule has 7 heteroatoms. The quantitative estimate of drug-likeness (QED) is 0.439. The molecule has 1 aromatic rings. The maximum absolute atomic E-state index is 11.8. The van der Waals surface area contributed by atoms with Crippen LogP contribution in [0, 0.1) is 0 Å². The molecule has 7 nitrogen and oxygen atoms in total. The van der Waals surface area contributed by atoms with E-state index in [2.05, 4.69) is 5.43 Å². The second-order valence-electron chi connectivity index (χ2n) is 4.61. The lowest BCUT2D eigenvalue weighted by Crippen LogP contribution is -2.35. The smallest absolute Gasteiger partial charge is 0.268 e. The molecule has 3 N–H and O–H groups in total. The molecule has 1 aliphatic rings. The van der Waals surface area contributed by atoms with E-state index in [9.17, 15) is 9.59 Å². The topological polar surface area (TPSA) is 91.8 Å². The first kappa shape index (κ1) is 13.6. The fraction of sp³-hybridized carbons (Fsp3) is 0.500. The minimum Gasteiger partial charge on any atom is -0.467 e. The van der Waals surface area contributed by atoms with Gasteiger partial charge in [-0.05, 0) is 12.5 Å². The number of carbonyl (C=O) groups is 2. The number of hydrogen-bond donors (Lipinski definition) is 2. The van der Waals surface area contributed by atoms with E-state index in [1.54, 1.807) is 18.0 Å². The summed E-state index contributed by atoms with van der Waals surface area (Å²) in [6, 6.07) is 1.57. The summed E-state index contributed by atoms with van der Waals surface area (Å²) in [4.78, 5) is 27.0. The number of rotatable bonds is 3. The van der Waals surface area contributed by atoms with Crippen molar-refractivity contribution in [2.75, 3.05) is 26.7 Å². The van der Waals surface area contributed by atoms with Gasteiger partial charge in [0.25, 0.3) is 5.91 Å². The van der Waals surface area contributed by atoms with Crippen molar-refractivity contribution < 1.29 is 14.0 Å². The molecule has 1 fully saturated rings. The monoisotopic (exact) mass is 266 g/mol. The third-order valence-electron chi connectivity index (χ3n) is 3.24. The maximum atomic E-state index is 11.8. The molecule has 0 atom stereocenters. The fourth-order valence-electron chi connectivity index (χ4n) is 2.13. The van der Waals surface area contributed by atoms with Crippen LogP contribution in [0.3, 0.4) is 0 Å². The van der Waals surface area contributed by atoms with E-state index in [0.29, 0.717) is 24.4 Å². The van der Waals surface area contributed by atoms with Crippen molar-refractivity contribution in [3.63, 3.8) is 0 Å². The third-order valence-corrected chi connectivity index (χ3v) is 3.24. The summed E-state index contributed by atoms with van der Waals surface area (Å²) < 4.78 is 5.31. The number of hydrazine groups is 1. The standard InChI is InChI=1S/C12H18N4O3/c1-15-4-2-5-16(8-11(15)17)7-10-9(3-6-19-10)12(18)14-13/h3,6H,2,4-5,7-8,13H2,1H3,(H,14,18). The van der Waals surface area contributed by atoms with Gasteiger partial charge in [0.1, 0.15) is 5.76 Å². The normalized spacial score (nSPS) is 17.4. The van der Waals surface area contributed by atoms with Crippen LogP contribution in [0.15, 0.2) is 16.7 Å². The van der Waals surface area contributed by atoms with Crippen LogP contribution in [0.2, 0.25) is 0 Å². The summed E-state index contributed by atoms with van der Waals surface area (Å²) in [5.74, 6) is 5.33. The van der Waals surface area contributed by atoms with Gasteiger partial charge < -0.3 is 9.32 Å². The molecule has 0 unspecified atom stereocenters. The zero-order valence-electron chi connectivity index (χ0n) is 10.9. The van der Waals surface area contributed by atoms with Crippen molar-refractivity contribution in [2.24, 2.45) is 5.84 Å². The highest BCUT2D eigenvalue weighted by Crippen LogP contribution is 2.14. The molecule has 0 spiro atoms. The van der Waals surface area contributed by atoms with E-state index in [4.69, 9.17) is 10.3 Å². The SMILES string of the molecule is CN1CCCN(Cc2occc2C(=O)NN)CC1=O. The van der Waals surface area contributed by atoms with Gasteiger partial charge in [-0.25, -0.2) is 5.84 Å². The molecule has 1 aromatic heterocycles. The average molecular weight is 266 g/mol. The number of nitrogens with one attached hydrogen (secondary N) is 1. The lowest BCUT2D eigenvalue weighted by molar-refractivity contribution is -0.130. The number of nitrogens with two attached hydrogens (primary N) is 1. The minimum atomic E-state index is -0.387. The molecule has 2 heterocycles. The molecule has 2 amide bonds. The second-order valence-corrected chi connectivity index (χ2v) is 4.61. The summed E-state index contributed by atoms with van der Waals surface area (Å²) in [5, 5.41) is 0. The second kappa shape index (κ2) is 5.85. The first-order valence-corrected chi connectivity index (χ1v) is 6.15. The van der Waals surface area contributed by atoms with E-state index >= 15 is 0 Å². The fourth-order valence-corrected chi connectivity index (χ4v) is 2.13. The first-order valence-electron chi connectivity index (χ1n) is 6.15. The maximum Gasteiger partial charge on any atom is 0.268 e. The highest BCUT2D eigenvalue weighted by molar-refractivity contribution is 5.94. The van der Waals surface area contributed by atoms with E-state index in [1.165, 1.54) is 6.26 Å². The Morgan fingerprint density at radius 1 is 1.53 bits per heavy atom. The predicted molar refractivity (Wildman–Crippen MR) is 67.9 cm³/mol. The van der Waals surface area contributed by atoms with Crippen LogP contribution < -0.4 is 11.3 Å². The zero-order valence-corrected chi connectivity index (χ0v) is 10.9. The van der Waals surface area contributed by atoms with Crippen molar-refractivity contribution in [1.29, 1.82) is 0 Å². The van der Waals surface area contributed by atoms with Crippen LogP contribution in [0.5, 0.6) is 0 Å². The van der Waals surface area contributed by atoms with Crippen LogP contribution in [-0.2, 0) is 11.3 Å². The average Bonchev–Trinajstić information content (AvgIpc) is 2.79. The van der Waals surface area contributed by atoms with Gasteiger partial charge in [-0.2, -0.15) is 0 Å². The first-order chi connectivity index (χ1) is 9.11. The Morgan fingerprint density at radius 2 is 2.32 bits per heavy atom. The largest absolute Gasteiger partial charge is 0.467 e. The lowest BCUT2D eigenvalue weighted by Gasteiger charge is -2.18. The molecule has 19 heavy (non-hydrogen) atoms. The van der Waals surface area contributed by atoms with Gasteiger partial charge in [-0.15, -0.1) is 0 Å². The summed E-state index contributed by atoms with van der Waals surface area (Å²) in [6.45, 7) is 2.31. The van der Waals surface area contributed by atoms with E-state index in [1.807, 2.05) is 4.90 Å². The van der Waals surface area contributed by atoms with Crippen molar-refractivity contribution in [3.8, 4) is 0 Å². The van der Waals surface area contributed by atoms with Gasteiger partial charge in [0.2, 0.25) is 5.91 Å². The lowest BCUT2D eigenvalue weighted by atomic mass is 10.2. The third kappa shape index (κ3) is 3.12. The molecule has 0 saturated carbocycles. The molecule has 0 aliphatic carbocycles. The van der Waals surface area contributed by atoms with Gasteiger partial charge in [-0.1, -0.05) is 0 Å². The number of nitrogens with zero attached hydrogens (tertiary/aromatic N) is 2. The number of nitrogen functional groups attached to an aromatic ring is 1.